The first-order valence-electron chi connectivity index (χ1n) is 4.59. The van der Waals surface area contributed by atoms with E-state index in [2.05, 4.69) is 5.32 Å². The van der Waals surface area contributed by atoms with Crippen LogP contribution in [0, 0.1) is 10.1 Å². The topological polar surface area (TPSA) is 72.2 Å². The van der Waals surface area contributed by atoms with Crippen LogP contribution in [0.1, 0.15) is 29.9 Å². The summed E-state index contributed by atoms with van der Waals surface area (Å²) in [6, 6.07) is 2.90. The third-order valence-electron chi connectivity index (χ3n) is 1.99. The fourth-order valence-corrected chi connectivity index (χ4v) is 1.67. The third kappa shape index (κ3) is 3.02. The molecule has 0 unspecified atom stereocenters. The molecule has 1 N–H and O–H groups in total. The van der Waals surface area contributed by atoms with E-state index >= 15 is 0 Å². The average molecular weight is 228 g/mol. The zero-order valence-corrected chi connectivity index (χ0v) is 9.34. The molecule has 0 aliphatic carbocycles. The number of rotatable bonds is 4. The number of nitrogens with zero attached hydrogens (tertiary/aromatic N) is 1. The predicted octanol–water partition coefficient (Wildman–Crippen LogP) is 2.18. The highest BCUT2D eigenvalue weighted by atomic mass is 32.1. The lowest BCUT2D eigenvalue weighted by Gasteiger charge is -2.09. The average Bonchev–Trinajstić information content (AvgIpc) is 2.66. The second-order valence-corrected chi connectivity index (χ2v) is 4.24. The van der Waals surface area contributed by atoms with E-state index < -0.39 is 4.92 Å². The highest BCUT2D eigenvalue weighted by molar-refractivity contribution is 7.17. The molecule has 5 nitrogen and oxygen atoms in total. The number of nitrogens with one attached hydrogen (secondary N) is 1. The first kappa shape index (κ1) is 11.6. The van der Waals surface area contributed by atoms with Crippen LogP contribution in [0.2, 0.25) is 0 Å². The minimum atomic E-state index is -0.495. The third-order valence-corrected chi connectivity index (χ3v) is 3.02. The summed E-state index contributed by atoms with van der Waals surface area (Å²) in [5.41, 5.74) is 0. The monoisotopic (exact) mass is 228 g/mol. The lowest BCUT2D eigenvalue weighted by molar-refractivity contribution is -0.380. The van der Waals surface area contributed by atoms with Crippen molar-refractivity contribution in [3.8, 4) is 0 Å². The Bertz CT molecular complexity index is 375. The van der Waals surface area contributed by atoms with Gasteiger partial charge in [-0.1, -0.05) is 18.3 Å². The number of carbonyl (C=O) groups is 1. The van der Waals surface area contributed by atoms with Crippen molar-refractivity contribution in [2.75, 3.05) is 0 Å². The number of hydrogen-bond donors (Lipinski definition) is 1. The second kappa shape index (κ2) is 4.88. The van der Waals surface area contributed by atoms with Crippen molar-refractivity contribution in [1.82, 2.24) is 5.32 Å². The van der Waals surface area contributed by atoms with Gasteiger partial charge in [0, 0.05) is 12.1 Å². The Hall–Kier alpha value is -1.43. The van der Waals surface area contributed by atoms with Gasteiger partial charge in [-0.15, -0.1) is 0 Å². The Morgan fingerprint density at radius 1 is 1.67 bits per heavy atom. The molecule has 1 atom stereocenters. The van der Waals surface area contributed by atoms with Crippen LogP contribution in [0.15, 0.2) is 12.1 Å². The van der Waals surface area contributed by atoms with E-state index in [1.807, 2.05) is 13.8 Å². The number of thiophene rings is 1. The predicted molar refractivity (Wildman–Crippen MR) is 58.2 cm³/mol. The fourth-order valence-electron chi connectivity index (χ4n) is 0.945. The van der Waals surface area contributed by atoms with E-state index in [4.69, 9.17) is 0 Å². The fraction of sp³-hybridized carbons (Fsp3) is 0.444. The molecule has 1 heterocycles. The SMILES string of the molecule is CC[C@H](C)NC(=O)c1ccc([N+](=O)[O-])s1. The van der Waals surface area contributed by atoms with Gasteiger partial charge < -0.3 is 5.32 Å². The number of carbonyl (C=O) groups excluding carboxylic acids is 1. The highest BCUT2D eigenvalue weighted by Gasteiger charge is 2.15. The molecule has 0 aromatic carbocycles. The molecule has 82 valence electrons. The maximum Gasteiger partial charge on any atom is 0.324 e. The van der Waals surface area contributed by atoms with Gasteiger partial charge in [0.15, 0.2) is 0 Å². The summed E-state index contributed by atoms with van der Waals surface area (Å²) in [6.07, 6.45) is 0.833. The molecule has 6 heteroatoms. The van der Waals surface area contributed by atoms with Crippen LogP contribution in [-0.2, 0) is 0 Å². The van der Waals surface area contributed by atoms with Crippen molar-refractivity contribution in [2.24, 2.45) is 0 Å². The molecule has 0 aliphatic heterocycles. The molecule has 1 rings (SSSR count). The molecule has 0 saturated heterocycles. The number of hydrogen-bond acceptors (Lipinski definition) is 4. The van der Waals surface area contributed by atoms with Gasteiger partial charge in [-0.2, -0.15) is 0 Å². The Morgan fingerprint density at radius 3 is 2.80 bits per heavy atom. The van der Waals surface area contributed by atoms with Crippen molar-refractivity contribution >= 4 is 22.2 Å². The van der Waals surface area contributed by atoms with Crippen LogP contribution in [0.4, 0.5) is 5.00 Å². The molecular weight excluding hydrogens is 216 g/mol. The van der Waals surface area contributed by atoms with E-state index in [0.29, 0.717) is 4.88 Å². The molecule has 0 radical (unpaired) electrons. The van der Waals surface area contributed by atoms with E-state index in [9.17, 15) is 14.9 Å². The van der Waals surface area contributed by atoms with E-state index in [1.54, 1.807) is 0 Å². The summed E-state index contributed by atoms with van der Waals surface area (Å²) >= 11 is 0.890. The van der Waals surface area contributed by atoms with Crippen molar-refractivity contribution in [2.45, 2.75) is 26.3 Å². The minimum Gasteiger partial charge on any atom is -0.349 e. The van der Waals surface area contributed by atoms with Gasteiger partial charge in [0.25, 0.3) is 5.91 Å². The van der Waals surface area contributed by atoms with Crippen LogP contribution in [0.3, 0.4) is 0 Å². The minimum absolute atomic E-state index is 0.00991. The van der Waals surface area contributed by atoms with Crippen LogP contribution in [0.25, 0.3) is 0 Å². The maximum absolute atomic E-state index is 11.5. The quantitative estimate of drug-likeness (QED) is 0.634. The summed E-state index contributed by atoms with van der Waals surface area (Å²) in [4.78, 5) is 21.8. The van der Waals surface area contributed by atoms with Crippen LogP contribution in [-0.4, -0.2) is 16.9 Å². The Labute approximate surface area is 91.3 Å². The Balaban J connectivity index is 2.70. The summed E-state index contributed by atoms with van der Waals surface area (Å²) in [6.45, 7) is 3.85. The van der Waals surface area contributed by atoms with Crippen molar-refractivity contribution < 1.29 is 9.72 Å². The van der Waals surface area contributed by atoms with Gasteiger partial charge >= 0.3 is 5.00 Å². The first-order chi connectivity index (χ1) is 7.04. The van der Waals surface area contributed by atoms with Crippen molar-refractivity contribution in [3.05, 3.63) is 27.1 Å². The number of amides is 1. The largest absolute Gasteiger partial charge is 0.349 e. The van der Waals surface area contributed by atoms with Gasteiger partial charge in [0.2, 0.25) is 0 Å². The van der Waals surface area contributed by atoms with Gasteiger partial charge in [0.1, 0.15) is 0 Å². The van der Waals surface area contributed by atoms with E-state index in [-0.39, 0.29) is 17.0 Å². The Morgan fingerprint density at radius 2 is 2.33 bits per heavy atom. The number of nitro groups is 1. The van der Waals surface area contributed by atoms with Gasteiger partial charge in [-0.3, -0.25) is 14.9 Å². The zero-order valence-electron chi connectivity index (χ0n) is 8.52. The molecule has 0 aliphatic rings. The van der Waals surface area contributed by atoms with Gasteiger partial charge in [-0.25, -0.2) is 0 Å². The van der Waals surface area contributed by atoms with Gasteiger partial charge in [0.05, 0.1) is 9.80 Å². The molecule has 0 saturated carbocycles. The normalized spacial score (nSPS) is 12.1. The van der Waals surface area contributed by atoms with Gasteiger partial charge in [-0.05, 0) is 19.4 Å². The second-order valence-electron chi connectivity index (χ2n) is 3.18. The lowest BCUT2D eigenvalue weighted by atomic mass is 10.2. The van der Waals surface area contributed by atoms with Crippen molar-refractivity contribution in [3.63, 3.8) is 0 Å². The lowest BCUT2D eigenvalue weighted by Crippen LogP contribution is -2.31. The zero-order chi connectivity index (χ0) is 11.4. The molecule has 1 amide bonds. The van der Waals surface area contributed by atoms with E-state index in [0.717, 1.165) is 17.8 Å². The summed E-state index contributed by atoms with van der Waals surface area (Å²) in [5.74, 6) is -0.248. The summed E-state index contributed by atoms with van der Waals surface area (Å²) in [5, 5.41) is 13.1. The standard InChI is InChI=1S/C9H12N2O3S/c1-3-6(2)10-9(12)7-4-5-8(15-7)11(13)14/h4-6H,3H2,1-2H3,(H,10,12)/t6-/m0/s1. The van der Waals surface area contributed by atoms with Crippen LogP contribution in [0.5, 0.6) is 0 Å². The molecule has 0 bridgehead atoms. The molecule has 0 spiro atoms. The Kier molecular flexibility index (Phi) is 3.79. The van der Waals surface area contributed by atoms with Crippen molar-refractivity contribution in [1.29, 1.82) is 0 Å². The highest BCUT2D eigenvalue weighted by Crippen LogP contribution is 2.23. The molecular formula is C9H12N2O3S. The summed E-state index contributed by atoms with van der Waals surface area (Å²) < 4.78 is 0. The van der Waals surface area contributed by atoms with Crippen LogP contribution >= 0.6 is 11.3 Å². The smallest absolute Gasteiger partial charge is 0.324 e. The molecule has 1 aromatic heterocycles. The summed E-state index contributed by atoms with van der Waals surface area (Å²) in [7, 11) is 0. The molecule has 1 aromatic rings. The van der Waals surface area contributed by atoms with E-state index in [1.165, 1.54) is 12.1 Å². The molecule has 15 heavy (non-hydrogen) atoms. The molecule has 0 fully saturated rings. The maximum atomic E-state index is 11.5. The van der Waals surface area contributed by atoms with Crippen LogP contribution < -0.4 is 5.32 Å². The first-order valence-corrected chi connectivity index (χ1v) is 5.41.